The number of rotatable bonds is 2. The van der Waals surface area contributed by atoms with Crippen molar-refractivity contribution in [1.29, 1.82) is 0 Å². The third-order valence-electron chi connectivity index (χ3n) is 2.80. The highest BCUT2D eigenvalue weighted by atomic mass is 79.9. The molecule has 4 heteroatoms. The molecule has 0 radical (unpaired) electrons. The normalized spacial score (nSPS) is 21.2. The van der Waals surface area contributed by atoms with Gasteiger partial charge in [0.05, 0.1) is 6.61 Å². The molecule has 0 aliphatic carbocycles. The highest BCUT2D eigenvalue weighted by molar-refractivity contribution is 9.10. The fourth-order valence-electron chi connectivity index (χ4n) is 2.00. The van der Waals surface area contributed by atoms with Crippen molar-refractivity contribution >= 4 is 33.4 Å². The predicted octanol–water partition coefficient (Wildman–Crippen LogP) is 2.88. The summed E-state index contributed by atoms with van der Waals surface area (Å²) in [4.78, 5) is 2.37. The summed E-state index contributed by atoms with van der Waals surface area (Å²) in [5.74, 6) is 1.17. The fourth-order valence-corrected chi connectivity index (χ4v) is 3.36. The Morgan fingerprint density at radius 1 is 1.56 bits per heavy atom. The molecule has 1 N–H and O–H groups in total. The summed E-state index contributed by atoms with van der Waals surface area (Å²) in [6.45, 7) is 4.50. The number of nitrogens with zero attached hydrogens (tertiary/aromatic N) is 1. The maximum atomic E-state index is 9.36. The second-order valence-electron chi connectivity index (χ2n) is 4.06. The Bertz CT molecular complexity index is 372. The van der Waals surface area contributed by atoms with E-state index in [0.29, 0.717) is 5.25 Å². The van der Waals surface area contributed by atoms with E-state index in [0.717, 1.165) is 23.1 Å². The molecule has 1 aliphatic heterocycles. The van der Waals surface area contributed by atoms with Crippen molar-refractivity contribution in [2.24, 2.45) is 0 Å². The smallest absolute Gasteiger partial charge is 0.0702 e. The van der Waals surface area contributed by atoms with Crippen LogP contribution in [-0.4, -0.2) is 29.2 Å². The van der Waals surface area contributed by atoms with Gasteiger partial charge in [0, 0.05) is 39.8 Å². The molecule has 88 valence electrons. The molecule has 0 saturated carbocycles. The number of halogens is 1. The average molecular weight is 302 g/mol. The molecule has 2 nitrogen and oxygen atoms in total. The summed E-state index contributed by atoms with van der Waals surface area (Å²) in [6, 6.07) is 6.08. The molecule has 1 aromatic rings. The van der Waals surface area contributed by atoms with Crippen molar-refractivity contribution in [1.82, 2.24) is 0 Å². The zero-order chi connectivity index (χ0) is 11.5. The molecule has 0 aromatic heterocycles. The Morgan fingerprint density at radius 2 is 2.38 bits per heavy atom. The molecular weight excluding hydrogens is 286 g/mol. The molecule has 1 atom stereocenters. The van der Waals surface area contributed by atoms with E-state index in [1.165, 1.54) is 11.4 Å². The molecular formula is C12H16BrNOS. The number of anilines is 1. The number of benzene rings is 1. The van der Waals surface area contributed by atoms with Crippen LogP contribution in [0.3, 0.4) is 0 Å². The second-order valence-corrected chi connectivity index (χ2v) is 6.52. The van der Waals surface area contributed by atoms with Crippen LogP contribution in [0.25, 0.3) is 0 Å². The third kappa shape index (κ3) is 2.73. The van der Waals surface area contributed by atoms with Crippen LogP contribution in [0, 0.1) is 0 Å². The van der Waals surface area contributed by atoms with Crippen molar-refractivity contribution in [2.45, 2.75) is 18.8 Å². The predicted molar refractivity (Wildman–Crippen MR) is 74.2 cm³/mol. The van der Waals surface area contributed by atoms with Gasteiger partial charge in [0.1, 0.15) is 0 Å². The van der Waals surface area contributed by atoms with Crippen LogP contribution in [0.15, 0.2) is 22.7 Å². The first-order valence-corrected chi connectivity index (χ1v) is 7.30. The van der Waals surface area contributed by atoms with Crippen molar-refractivity contribution in [3.05, 3.63) is 28.2 Å². The van der Waals surface area contributed by atoms with E-state index in [1.807, 2.05) is 23.9 Å². The Morgan fingerprint density at radius 3 is 3.06 bits per heavy atom. The van der Waals surface area contributed by atoms with Gasteiger partial charge in [-0.3, -0.25) is 0 Å². The van der Waals surface area contributed by atoms with E-state index in [2.05, 4.69) is 33.8 Å². The second kappa shape index (κ2) is 5.43. The van der Waals surface area contributed by atoms with E-state index in [-0.39, 0.29) is 6.61 Å². The van der Waals surface area contributed by atoms with E-state index < -0.39 is 0 Å². The van der Waals surface area contributed by atoms with E-state index in [1.54, 1.807) is 0 Å². The average Bonchev–Trinajstić information content (AvgIpc) is 2.29. The fraction of sp³-hybridized carbons (Fsp3) is 0.500. The van der Waals surface area contributed by atoms with Gasteiger partial charge in [-0.15, -0.1) is 0 Å². The van der Waals surface area contributed by atoms with Crippen LogP contribution < -0.4 is 4.90 Å². The summed E-state index contributed by atoms with van der Waals surface area (Å²) in [7, 11) is 0. The van der Waals surface area contributed by atoms with Gasteiger partial charge in [-0.25, -0.2) is 0 Å². The maximum Gasteiger partial charge on any atom is 0.0702 e. The Kier molecular flexibility index (Phi) is 4.16. The largest absolute Gasteiger partial charge is 0.392 e. The minimum Gasteiger partial charge on any atom is -0.392 e. The van der Waals surface area contributed by atoms with Crippen LogP contribution >= 0.6 is 27.7 Å². The lowest BCUT2D eigenvalue weighted by Gasteiger charge is -2.33. The van der Waals surface area contributed by atoms with Crippen molar-refractivity contribution < 1.29 is 5.11 Å². The SMILES string of the molecule is CC1CN(c2cc(Br)ccc2CO)CCS1. The maximum absolute atomic E-state index is 9.36. The highest BCUT2D eigenvalue weighted by Gasteiger charge is 2.19. The van der Waals surface area contributed by atoms with Crippen molar-refractivity contribution in [3.8, 4) is 0 Å². The van der Waals surface area contributed by atoms with Crippen molar-refractivity contribution in [3.63, 3.8) is 0 Å². The molecule has 0 spiro atoms. The zero-order valence-electron chi connectivity index (χ0n) is 9.32. The lowest BCUT2D eigenvalue weighted by Crippen LogP contribution is -2.37. The van der Waals surface area contributed by atoms with Gasteiger partial charge in [-0.05, 0) is 12.1 Å². The van der Waals surface area contributed by atoms with E-state index in [9.17, 15) is 5.11 Å². The van der Waals surface area contributed by atoms with Gasteiger partial charge in [-0.2, -0.15) is 11.8 Å². The van der Waals surface area contributed by atoms with Crippen LogP contribution in [0.2, 0.25) is 0 Å². The van der Waals surface area contributed by atoms with Crippen LogP contribution in [-0.2, 0) is 6.61 Å². The standard InChI is InChI=1S/C12H16BrNOS/c1-9-7-14(4-5-16-9)12-6-11(13)3-2-10(12)8-15/h2-3,6,9,15H,4-5,7-8H2,1H3. The van der Waals surface area contributed by atoms with E-state index >= 15 is 0 Å². The van der Waals surface area contributed by atoms with Gasteiger partial charge >= 0.3 is 0 Å². The molecule has 2 rings (SSSR count). The summed E-state index contributed by atoms with van der Waals surface area (Å²) >= 11 is 5.51. The summed E-state index contributed by atoms with van der Waals surface area (Å²) in [5.41, 5.74) is 2.19. The number of aliphatic hydroxyl groups is 1. The van der Waals surface area contributed by atoms with E-state index in [4.69, 9.17) is 0 Å². The number of hydrogen-bond acceptors (Lipinski definition) is 3. The molecule has 1 aliphatic rings. The molecule has 0 bridgehead atoms. The third-order valence-corrected chi connectivity index (χ3v) is 4.43. The molecule has 1 heterocycles. The minimum atomic E-state index is 0.112. The summed E-state index contributed by atoms with van der Waals surface area (Å²) < 4.78 is 1.07. The van der Waals surface area contributed by atoms with Crippen LogP contribution in [0.5, 0.6) is 0 Å². The quantitative estimate of drug-likeness (QED) is 0.909. The topological polar surface area (TPSA) is 23.5 Å². The summed E-state index contributed by atoms with van der Waals surface area (Å²) in [5, 5.41) is 10.0. The van der Waals surface area contributed by atoms with Crippen molar-refractivity contribution in [2.75, 3.05) is 23.7 Å². The number of hydrogen-bond donors (Lipinski definition) is 1. The first kappa shape index (κ1) is 12.3. The molecule has 16 heavy (non-hydrogen) atoms. The van der Waals surface area contributed by atoms with Gasteiger partial charge in [-0.1, -0.05) is 28.9 Å². The Hall–Kier alpha value is -0.190. The first-order valence-electron chi connectivity index (χ1n) is 5.46. The summed E-state index contributed by atoms with van der Waals surface area (Å²) in [6.07, 6.45) is 0. The number of thioether (sulfide) groups is 1. The van der Waals surface area contributed by atoms with Crippen LogP contribution in [0.4, 0.5) is 5.69 Å². The molecule has 1 fully saturated rings. The van der Waals surface area contributed by atoms with Gasteiger partial charge in [0.25, 0.3) is 0 Å². The highest BCUT2D eigenvalue weighted by Crippen LogP contribution is 2.29. The van der Waals surface area contributed by atoms with Crippen LogP contribution in [0.1, 0.15) is 12.5 Å². The van der Waals surface area contributed by atoms with Gasteiger partial charge < -0.3 is 10.0 Å². The minimum absolute atomic E-state index is 0.112. The lowest BCUT2D eigenvalue weighted by molar-refractivity contribution is 0.282. The molecule has 0 amide bonds. The van der Waals surface area contributed by atoms with Gasteiger partial charge in [0.2, 0.25) is 0 Å². The first-order chi connectivity index (χ1) is 7.70. The lowest BCUT2D eigenvalue weighted by atomic mass is 10.1. The molecule has 1 saturated heterocycles. The monoisotopic (exact) mass is 301 g/mol. The Balaban J connectivity index is 2.26. The zero-order valence-corrected chi connectivity index (χ0v) is 11.7. The molecule has 1 unspecified atom stereocenters. The molecule has 1 aromatic carbocycles. The number of aliphatic hydroxyl groups excluding tert-OH is 1. The Labute approximate surface area is 109 Å². The van der Waals surface area contributed by atoms with Gasteiger partial charge in [0.15, 0.2) is 0 Å².